The zero-order valence-electron chi connectivity index (χ0n) is 19.6. The van der Waals surface area contributed by atoms with Crippen LogP contribution < -0.4 is 5.32 Å². The molecule has 2 aromatic rings. The lowest BCUT2D eigenvalue weighted by Crippen LogP contribution is -2.52. The Kier molecular flexibility index (Phi) is 7.54. The van der Waals surface area contributed by atoms with Crippen molar-refractivity contribution in [1.29, 1.82) is 0 Å². The lowest BCUT2D eigenvalue weighted by atomic mass is 10.2. The number of amides is 3. The summed E-state index contributed by atoms with van der Waals surface area (Å²) in [7, 11) is 0. The molecule has 0 aliphatic carbocycles. The van der Waals surface area contributed by atoms with Crippen molar-refractivity contribution < 1.29 is 29.0 Å². The van der Waals surface area contributed by atoms with E-state index in [1.807, 2.05) is 0 Å². The Morgan fingerprint density at radius 1 is 1.06 bits per heavy atom. The van der Waals surface area contributed by atoms with E-state index in [1.54, 1.807) is 36.8 Å². The molecule has 1 saturated heterocycles. The van der Waals surface area contributed by atoms with Gasteiger partial charge in [-0.25, -0.2) is 9.59 Å². The molecule has 3 amide bonds. The summed E-state index contributed by atoms with van der Waals surface area (Å²) in [5.41, 5.74) is 1.14. The molecule has 0 aromatic carbocycles. The number of anilines is 1. The normalized spacial score (nSPS) is 15.5. The van der Waals surface area contributed by atoms with Gasteiger partial charge < -0.3 is 25.0 Å². The van der Waals surface area contributed by atoms with E-state index in [0.717, 1.165) is 0 Å². The van der Waals surface area contributed by atoms with Crippen molar-refractivity contribution >= 4 is 29.6 Å². The van der Waals surface area contributed by atoms with Crippen molar-refractivity contribution in [3.8, 4) is 0 Å². The Hall–Kier alpha value is -3.90. The number of hydrogen-bond acceptors (Lipinski definition) is 7. The maximum atomic E-state index is 13.0. The van der Waals surface area contributed by atoms with Crippen molar-refractivity contribution in [3.63, 3.8) is 0 Å². The number of rotatable bonds is 7. The van der Waals surface area contributed by atoms with Crippen LogP contribution in [0.2, 0.25) is 0 Å². The molecule has 2 aromatic heterocycles. The number of piperazine rings is 1. The maximum absolute atomic E-state index is 13.0. The topological polar surface area (TPSA) is 152 Å². The van der Waals surface area contributed by atoms with Crippen LogP contribution in [0.15, 0.2) is 18.6 Å². The molecule has 1 aliphatic heterocycles. The number of aryl methyl sites for hydroxylation is 1. The second-order valence-electron chi connectivity index (χ2n) is 7.97. The van der Waals surface area contributed by atoms with Gasteiger partial charge in [-0.05, 0) is 27.7 Å². The lowest BCUT2D eigenvalue weighted by molar-refractivity contribution is -0.140. The largest absolute Gasteiger partial charge is 0.480 e. The second-order valence-corrected chi connectivity index (χ2v) is 7.97. The van der Waals surface area contributed by atoms with Crippen LogP contribution in [0.5, 0.6) is 0 Å². The quantitative estimate of drug-likeness (QED) is 0.605. The molecule has 2 unspecified atom stereocenters. The molecule has 3 rings (SSSR count). The number of nitrogens with zero attached hydrogens (tertiary/aromatic N) is 6. The first-order chi connectivity index (χ1) is 16.1. The van der Waals surface area contributed by atoms with Crippen LogP contribution in [0.3, 0.4) is 0 Å². The average molecular weight is 476 g/mol. The SMILES string of the molecule is CCOC(=O)N1CCN(C(=O)C(C)n2cc(NC(=O)c3cnn(C(C)C(=O)O)c3)c(C)n2)CC1. The van der Waals surface area contributed by atoms with Crippen LogP contribution in [0.4, 0.5) is 10.5 Å². The van der Waals surface area contributed by atoms with Crippen LogP contribution in [0.1, 0.15) is 48.9 Å². The number of carbonyl (C=O) groups excluding carboxylic acids is 3. The first-order valence-electron chi connectivity index (χ1n) is 11.0. The first kappa shape index (κ1) is 24.7. The molecule has 0 bridgehead atoms. The van der Waals surface area contributed by atoms with Crippen LogP contribution in [0, 0.1) is 6.92 Å². The lowest BCUT2D eigenvalue weighted by Gasteiger charge is -2.35. The highest BCUT2D eigenvalue weighted by Gasteiger charge is 2.29. The molecule has 184 valence electrons. The van der Waals surface area contributed by atoms with Crippen molar-refractivity contribution in [3.05, 3.63) is 29.8 Å². The summed E-state index contributed by atoms with van der Waals surface area (Å²) >= 11 is 0. The van der Waals surface area contributed by atoms with E-state index in [-0.39, 0.29) is 17.6 Å². The Morgan fingerprint density at radius 2 is 1.71 bits per heavy atom. The Labute approximate surface area is 196 Å². The molecule has 3 heterocycles. The monoisotopic (exact) mass is 475 g/mol. The molecule has 34 heavy (non-hydrogen) atoms. The van der Waals surface area contributed by atoms with Crippen LogP contribution in [-0.4, -0.2) is 91.1 Å². The van der Waals surface area contributed by atoms with Crippen LogP contribution in [-0.2, 0) is 14.3 Å². The molecule has 13 heteroatoms. The smallest absolute Gasteiger partial charge is 0.409 e. The number of carboxylic acids is 1. The predicted molar refractivity (Wildman–Crippen MR) is 119 cm³/mol. The van der Waals surface area contributed by atoms with Gasteiger partial charge in [-0.15, -0.1) is 0 Å². The highest BCUT2D eigenvalue weighted by molar-refractivity contribution is 6.04. The van der Waals surface area contributed by atoms with E-state index in [9.17, 15) is 19.2 Å². The molecule has 13 nitrogen and oxygen atoms in total. The number of ether oxygens (including phenoxy) is 1. The fourth-order valence-corrected chi connectivity index (χ4v) is 3.48. The molecule has 0 radical (unpaired) electrons. The molecular weight excluding hydrogens is 446 g/mol. The van der Waals surface area contributed by atoms with Gasteiger partial charge in [0, 0.05) is 38.6 Å². The van der Waals surface area contributed by atoms with Crippen LogP contribution in [0.25, 0.3) is 0 Å². The summed E-state index contributed by atoms with van der Waals surface area (Å²) in [6.07, 6.45) is 3.84. The van der Waals surface area contributed by atoms with E-state index < -0.39 is 24.0 Å². The van der Waals surface area contributed by atoms with Gasteiger partial charge in [0.1, 0.15) is 12.1 Å². The molecular formula is C21H29N7O6. The maximum Gasteiger partial charge on any atom is 0.409 e. The highest BCUT2D eigenvalue weighted by Crippen LogP contribution is 2.20. The van der Waals surface area contributed by atoms with Crippen LogP contribution >= 0.6 is 0 Å². The third-order valence-corrected chi connectivity index (χ3v) is 5.65. The first-order valence-corrected chi connectivity index (χ1v) is 11.0. The van der Waals surface area contributed by atoms with Gasteiger partial charge in [0.2, 0.25) is 5.91 Å². The summed E-state index contributed by atoms with van der Waals surface area (Å²) in [5, 5.41) is 20.1. The Morgan fingerprint density at radius 3 is 2.32 bits per heavy atom. The molecule has 1 fully saturated rings. The van der Waals surface area contributed by atoms with Crippen molar-refractivity contribution in [2.45, 2.75) is 39.8 Å². The standard InChI is InChI=1S/C21H29N7O6/c1-5-34-21(33)26-8-6-25(7-9-26)19(30)14(3)28-12-17(13(2)24-28)23-18(29)16-10-22-27(11-16)15(4)20(31)32/h10-12,14-15H,5-9H2,1-4H3,(H,23,29)(H,31,32). The van der Waals surface area contributed by atoms with E-state index in [1.165, 1.54) is 28.7 Å². The number of carbonyl (C=O) groups is 4. The minimum atomic E-state index is -1.06. The number of aliphatic carboxylic acids is 1. The van der Waals surface area contributed by atoms with Crippen molar-refractivity contribution in [1.82, 2.24) is 29.4 Å². The zero-order chi connectivity index (χ0) is 25.0. The molecule has 0 spiro atoms. The number of carboxylic acid groups (broad SMARTS) is 1. The number of hydrogen-bond donors (Lipinski definition) is 2. The van der Waals surface area contributed by atoms with Gasteiger partial charge >= 0.3 is 12.1 Å². The molecule has 0 saturated carbocycles. The minimum absolute atomic E-state index is 0.146. The van der Waals surface area contributed by atoms with Crippen molar-refractivity contribution in [2.24, 2.45) is 0 Å². The molecule has 2 N–H and O–H groups in total. The Balaban J connectivity index is 1.62. The van der Waals surface area contributed by atoms with Gasteiger partial charge in [-0.1, -0.05) is 0 Å². The van der Waals surface area contributed by atoms with E-state index in [4.69, 9.17) is 9.84 Å². The zero-order valence-corrected chi connectivity index (χ0v) is 19.6. The van der Waals surface area contributed by atoms with Gasteiger partial charge in [0.15, 0.2) is 0 Å². The summed E-state index contributed by atoms with van der Waals surface area (Å²) in [4.78, 5) is 51.8. The van der Waals surface area contributed by atoms with Crippen molar-refractivity contribution in [2.75, 3.05) is 38.1 Å². The van der Waals surface area contributed by atoms with E-state index in [0.29, 0.717) is 44.2 Å². The average Bonchev–Trinajstić information content (AvgIpc) is 3.45. The Bertz CT molecular complexity index is 1070. The number of aromatic nitrogens is 4. The fraction of sp³-hybridized carbons (Fsp3) is 0.524. The van der Waals surface area contributed by atoms with E-state index in [2.05, 4.69) is 15.5 Å². The summed E-state index contributed by atoms with van der Waals surface area (Å²) < 4.78 is 7.68. The van der Waals surface area contributed by atoms with Gasteiger partial charge in [0.05, 0.1) is 29.7 Å². The third-order valence-electron chi connectivity index (χ3n) is 5.65. The molecule has 2 atom stereocenters. The van der Waals surface area contributed by atoms with Gasteiger partial charge in [-0.2, -0.15) is 10.2 Å². The fourth-order valence-electron chi connectivity index (χ4n) is 3.48. The number of nitrogens with one attached hydrogen (secondary N) is 1. The van der Waals surface area contributed by atoms with Gasteiger partial charge in [-0.3, -0.25) is 19.0 Å². The predicted octanol–water partition coefficient (Wildman–Crippen LogP) is 1.15. The summed E-state index contributed by atoms with van der Waals surface area (Å²) in [6.45, 7) is 8.50. The van der Waals surface area contributed by atoms with E-state index >= 15 is 0 Å². The highest BCUT2D eigenvalue weighted by atomic mass is 16.6. The third kappa shape index (κ3) is 5.35. The molecule has 1 aliphatic rings. The second kappa shape index (κ2) is 10.4. The minimum Gasteiger partial charge on any atom is -0.480 e. The van der Waals surface area contributed by atoms with Gasteiger partial charge in [0.25, 0.3) is 5.91 Å². The summed E-state index contributed by atoms with van der Waals surface area (Å²) in [5.74, 6) is -1.68. The summed E-state index contributed by atoms with van der Waals surface area (Å²) in [6, 6.07) is -1.52.